The van der Waals surface area contributed by atoms with Crippen LogP contribution in [0.3, 0.4) is 0 Å². The number of carbonyl (C=O) groups excluding carboxylic acids is 1. The van der Waals surface area contributed by atoms with Crippen LogP contribution in [-0.4, -0.2) is 17.5 Å². The number of hydrogen-bond donors (Lipinski definition) is 1. The first-order valence-corrected chi connectivity index (χ1v) is 2.23. The van der Waals surface area contributed by atoms with E-state index in [9.17, 15) is 4.79 Å². The lowest BCUT2D eigenvalue weighted by Crippen LogP contribution is -2.01. The summed E-state index contributed by atoms with van der Waals surface area (Å²) in [6, 6.07) is 0. The Hall–Kier alpha value is -0.370. The lowest BCUT2D eigenvalue weighted by Gasteiger charge is -1.86. The number of rotatable bonds is 3. The zero-order valence-corrected chi connectivity index (χ0v) is 4.18. The molecule has 0 unspecified atom stereocenters. The molecule has 0 aliphatic heterocycles. The van der Waals surface area contributed by atoms with Gasteiger partial charge in [0.05, 0.1) is 0 Å². The molecule has 41 valence electrons. The van der Waals surface area contributed by atoms with Crippen LogP contribution in [0.5, 0.6) is 0 Å². The molecule has 7 heavy (non-hydrogen) atoms. The molecule has 0 bridgehead atoms. The quantitative estimate of drug-likeness (QED) is 0.550. The molecule has 0 saturated heterocycles. The highest BCUT2D eigenvalue weighted by Gasteiger charge is 1.92. The van der Waals surface area contributed by atoms with Crippen molar-refractivity contribution < 1.29 is 9.90 Å². The maximum absolute atomic E-state index is 10.1. The summed E-state index contributed by atoms with van der Waals surface area (Å²) in [5.74, 6) is -0.130. The Bertz CT molecular complexity index is 59.1. The normalized spacial score (nSPS) is 8.86. The summed E-state index contributed by atoms with van der Waals surface area (Å²) in [4.78, 5) is 10.1. The molecule has 0 heterocycles. The second kappa shape index (κ2) is 3.81. The van der Waals surface area contributed by atoms with Gasteiger partial charge in [0, 0.05) is 6.42 Å². The predicted octanol–water partition coefficient (Wildman–Crippen LogP) is 0.162. The van der Waals surface area contributed by atoms with Crippen molar-refractivity contribution in [1.82, 2.24) is 0 Å². The van der Waals surface area contributed by atoms with E-state index in [1.54, 1.807) is 0 Å². The van der Waals surface area contributed by atoms with Gasteiger partial charge in [-0.15, -0.1) is 0 Å². The Labute approximate surface area is 43.2 Å². The van der Waals surface area contributed by atoms with Crippen LogP contribution in [0.1, 0.15) is 12.8 Å². The minimum Gasteiger partial charge on any atom is -0.389 e. The minimum atomic E-state index is -0.338. The zero-order valence-electron chi connectivity index (χ0n) is 4.18. The fourth-order valence-corrected chi connectivity index (χ4v) is 0.276. The van der Waals surface area contributed by atoms with Gasteiger partial charge in [0.25, 0.3) is 0 Å². The average molecular weight is 101 g/mol. The van der Waals surface area contributed by atoms with E-state index in [1.807, 2.05) is 0 Å². The van der Waals surface area contributed by atoms with E-state index in [-0.39, 0.29) is 12.4 Å². The van der Waals surface area contributed by atoms with Crippen LogP contribution in [0.15, 0.2) is 0 Å². The van der Waals surface area contributed by atoms with Crippen LogP contribution >= 0.6 is 0 Å². The van der Waals surface area contributed by atoms with Crippen molar-refractivity contribution in [3.63, 3.8) is 0 Å². The van der Waals surface area contributed by atoms with E-state index >= 15 is 0 Å². The van der Waals surface area contributed by atoms with Crippen molar-refractivity contribution >= 4 is 5.78 Å². The van der Waals surface area contributed by atoms with Gasteiger partial charge in [-0.3, -0.25) is 4.79 Å². The van der Waals surface area contributed by atoms with Gasteiger partial charge in [-0.05, 0) is 6.42 Å². The van der Waals surface area contributed by atoms with E-state index in [4.69, 9.17) is 5.11 Å². The maximum Gasteiger partial charge on any atom is 0.158 e. The van der Waals surface area contributed by atoms with E-state index in [0.717, 1.165) is 0 Å². The predicted molar refractivity (Wildman–Crippen MR) is 26.7 cm³/mol. The molecule has 0 aromatic rings. The number of ketones is 1. The third-order valence-corrected chi connectivity index (χ3v) is 0.632. The van der Waals surface area contributed by atoms with E-state index in [2.05, 4.69) is 6.92 Å². The molecule has 1 N–H and O–H groups in total. The summed E-state index contributed by atoms with van der Waals surface area (Å²) in [7, 11) is 0. The smallest absolute Gasteiger partial charge is 0.158 e. The third-order valence-electron chi connectivity index (χ3n) is 0.632. The lowest BCUT2D eigenvalue weighted by atomic mass is 10.2. The second-order valence-corrected chi connectivity index (χ2v) is 1.30. The van der Waals surface area contributed by atoms with E-state index < -0.39 is 0 Å². The molecule has 0 fully saturated rings. The Kier molecular flexibility index (Phi) is 3.61. The Morgan fingerprint density at radius 1 is 1.71 bits per heavy atom. The summed E-state index contributed by atoms with van der Waals surface area (Å²) in [5, 5.41) is 8.09. The lowest BCUT2D eigenvalue weighted by molar-refractivity contribution is -0.121. The highest BCUT2D eigenvalue weighted by molar-refractivity contribution is 5.79. The minimum absolute atomic E-state index is 0.130. The average Bonchev–Trinajstić information content (AvgIpc) is 1.68. The number of aliphatic hydroxyl groups excluding tert-OH is 1. The molecule has 0 atom stereocenters. The molecule has 2 heteroatoms. The molecule has 0 rings (SSSR count). The van der Waals surface area contributed by atoms with Crippen molar-refractivity contribution in [2.45, 2.75) is 12.8 Å². The van der Waals surface area contributed by atoms with Gasteiger partial charge in [-0.2, -0.15) is 0 Å². The van der Waals surface area contributed by atoms with Crippen molar-refractivity contribution in [3.8, 4) is 0 Å². The topological polar surface area (TPSA) is 37.3 Å². The van der Waals surface area contributed by atoms with Gasteiger partial charge < -0.3 is 5.11 Å². The molecular formula is C5H9O2. The summed E-state index contributed by atoms with van der Waals surface area (Å²) in [6.07, 6.45) is 0.982. The number of Topliss-reactive ketones (excluding diaryl/α,β-unsaturated/α-hetero) is 1. The molecule has 0 aliphatic rings. The van der Waals surface area contributed by atoms with Gasteiger partial charge >= 0.3 is 0 Å². The zero-order chi connectivity index (χ0) is 5.70. The van der Waals surface area contributed by atoms with Gasteiger partial charge in [-0.25, -0.2) is 0 Å². The van der Waals surface area contributed by atoms with Crippen molar-refractivity contribution in [3.05, 3.63) is 6.92 Å². The molecule has 0 aromatic heterocycles. The van der Waals surface area contributed by atoms with Gasteiger partial charge in [-0.1, -0.05) is 6.92 Å². The van der Waals surface area contributed by atoms with Crippen molar-refractivity contribution in [2.24, 2.45) is 0 Å². The first-order valence-electron chi connectivity index (χ1n) is 2.23. The Morgan fingerprint density at radius 2 is 2.29 bits per heavy atom. The number of carbonyl (C=O) groups is 1. The molecule has 1 radical (unpaired) electrons. The second-order valence-electron chi connectivity index (χ2n) is 1.30. The van der Waals surface area contributed by atoms with E-state index in [1.165, 1.54) is 0 Å². The molecular weight excluding hydrogens is 92.1 g/mol. The maximum atomic E-state index is 10.1. The van der Waals surface area contributed by atoms with Crippen molar-refractivity contribution in [2.75, 3.05) is 6.61 Å². The summed E-state index contributed by atoms with van der Waals surface area (Å²) >= 11 is 0. The van der Waals surface area contributed by atoms with Crippen molar-refractivity contribution in [1.29, 1.82) is 0 Å². The standard InChI is InChI=1S/C5H9O2/c1-2-3-5(7)4-6/h6H,1-4H2. The van der Waals surface area contributed by atoms with Crippen LogP contribution in [0, 0.1) is 6.92 Å². The highest BCUT2D eigenvalue weighted by atomic mass is 16.3. The molecule has 2 nitrogen and oxygen atoms in total. The summed E-state index contributed by atoms with van der Waals surface area (Å²) < 4.78 is 0. The fraction of sp³-hybridized carbons (Fsp3) is 0.600. The number of hydrogen-bond acceptors (Lipinski definition) is 2. The van der Waals surface area contributed by atoms with Crippen LogP contribution < -0.4 is 0 Å². The fourth-order valence-electron chi connectivity index (χ4n) is 0.276. The van der Waals surface area contributed by atoms with Gasteiger partial charge in [0.1, 0.15) is 6.61 Å². The molecule has 0 amide bonds. The monoisotopic (exact) mass is 101 g/mol. The highest BCUT2D eigenvalue weighted by Crippen LogP contribution is 1.84. The van der Waals surface area contributed by atoms with Gasteiger partial charge in [0.2, 0.25) is 0 Å². The van der Waals surface area contributed by atoms with Crippen LogP contribution in [0.2, 0.25) is 0 Å². The Morgan fingerprint density at radius 3 is 2.43 bits per heavy atom. The molecule has 0 aliphatic carbocycles. The van der Waals surface area contributed by atoms with Crippen LogP contribution in [-0.2, 0) is 4.79 Å². The molecule has 0 aromatic carbocycles. The van der Waals surface area contributed by atoms with Crippen LogP contribution in [0.25, 0.3) is 0 Å². The first-order chi connectivity index (χ1) is 3.31. The summed E-state index contributed by atoms with van der Waals surface area (Å²) in [5.41, 5.74) is 0. The molecule has 0 spiro atoms. The summed E-state index contributed by atoms with van der Waals surface area (Å²) in [6.45, 7) is 3.10. The van der Waals surface area contributed by atoms with Crippen LogP contribution in [0.4, 0.5) is 0 Å². The van der Waals surface area contributed by atoms with Gasteiger partial charge in [0.15, 0.2) is 5.78 Å². The first kappa shape index (κ1) is 6.63. The number of aliphatic hydroxyl groups is 1. The molecule has 0 saturated carbocycles. The third kappa shape index (κ3) is 3.46. The Balaban J connectivity index is 3.00. The largest absolute Gasteiger partial charge is 0.389 e. The SMILES string of the molecule is [CH2]CCC(=O)CO. The van der Waals surface area contributed by atoms with E-state index in [0.29, 0.717) is 12.8 Å².